The van der Waals surface area contributed by atoms with Crippen LogP contribution in [0, 0.1) is 11.8 Å². The standard InChI is InChI=1S/C17H32N2O/c1-13(14-9-5-3-6-10-14)19-17(20)16(18-2)15-11-7-4-8-12-15/h13-16,18H,3-12H2,1-2H3,(H,19,20). The van der Waals surface area contributed by atoms with Crippen LogP contribution < -0.4 is 10.6 Å². The smallest absolute Gasteiger partial charge is 0.237 e. The third kappa shape index (κ3) is 4.21. The van der Waals surface area contributed by atoms with Crippen molar-refractivity contribution in [1.29, 1.82) is 0 Å². The van der Waals surface area contributed by atoms with Gasteiger partial charge in [0.15, 0.2) is 0 Å². The highest BCUT2D eigenvalue weighted by atomic mass is 16.2. The van der Waals surface area contributed by atoms with Gasteiger partial charge in [-0.1, -0.05) is 38.5 Å². The van der Waals surface area contributed by atoms with Crippen molar-refractivity contribution in [2.24, 2.45) is 11.8 Å². The number of carbonyl (C=O) groups excluding carboxylic acids is 1. The summed E-state index contributed by atoms with van der Waals surface area (Å²) in [6.45, 7) is 2.20. The lowest BCUT2D eigenvalue weighted by Crippen LogP contribution is -2.51. The Morgan fingerprint density at radius 3 is 1.90 bits per heavy atom. The minimum absolute atomic E-state index is 0.0151. The molecule has 2 N–H and O–H groups in total. The Hall–Kier alpha value is -0.570. The number of nitrogens with one attached hydrogen (secondary N) is 2. The summed E-state index contributed by atoms with van der Waals surface area (Å²) in [6.07, 6.45) is 12.9. The molecule has 116 valence electrons. The lowest BCUT2D eigenvalue weighted by Gasteiger charge is -2.33. The van der Waals surface area contributed by atoms with E-state index in [0.717, 1.165) is 0 Å². The van der Waals surface area contributed by atoms with E-state index in [2.05, 4.69) is 17.6 Å². The third-order valence-corrected chi connectivity index (χ3v) is 5.44. The van der Waals surface area contributed by atoms with E-state index in [1.165, 1.54) is 64.2 Å². The molecule has 20 heavy (non-hydrogen) atoms. The number of amides is 1. The van der Waals surface area contributed by atoms with Crippen molar-refractivity contribution in [2.75, 3.05) is 7.05 Å². The molecule has 0 heterocycles. The number of likely N-dealkylation sites (N-methyl/N-ethyl adjacent to an activating group) is 1. The van der Waals surface area contributed by atoms with Gasteiger partial charge in [-0.15, -0.1) is 0 Å². The van der Waals surface area contributed by atoms with Gasteiger partial charge in [0.2, 0.25) is 5.91 Å². The van der Waals surface area contributed by atoms with Crippen molar-refractivity contribution in [3.63, 3.8) is 0 Å². The van der Waals surface area contributed by atoms with E-state index in [1.54, 1.807) is 0 Å². The minimum atomic E-state index is 0.0151. The van der Waals surface area contributed by atoms with Gasteiger partial charge in [-0.05, 0) is 51.5 Å². The topological polar surface area (TPSA) is 41.1 Å². The van der Waals surface area contributed by atoms with Crippen LogP contribution in [0.1, 0.15) is 71.1 Å². The van der Waals surface area contributed by atoms with Crippen LogP contribution in [0.3, 0.4) is 0 Å². The molecule has 2 fully saturated rings. The van der Waals surface area contributed by atoms with Crippen molar-refractivity contribution >= 4 is 5.91 Å². The minimum Gasteiger partial charge on any atom is -0.352 e. The first-order valence-electron chi connectivity index (χ1n) is 8.70. The van der Waals surface area contributed by atoms with Crippen molar-refractivity contribution in [1.82, 2.24) is 10.6 Å². The van der Waals surface area contributed by atoms with Crippen LogP contribution in [0.15, 0.2) is 0 Å². The summed E-state index contributed by atoms with van der Waals surface area (Å²) >= 11 is 0. The summed E-state index contributed by atoms with van der Waals surface area (Å²) in [7, 11) is 1.93. The van der Waals surface area contributed by atoms with Crippen LogP contribution in [0.5, 0.6) is 0 Å². The molecular weight excluding hydrogens is 248 g/mol. The normalized spacial score (nSPS) is 25.1. The molecular formula is C17H32N2O. The fourth-order valence-corrected chi connectivity index (χ4v) is 4.11. The quantitative estimate of drug-likeness (QED) is 0.811. The second kappa shape index (κ2) is 8.02. The molecule has 2 unspecified atom stereocenters. The van der Waals surface area contributed by atoms with Crippen LogP contribution in [0.25, 0.3) is 0 Å². The summed E-state index contributed by atoms with van der Waals surface area (Å²) in [5.74, 6) is 1.46. The Morgan fingerprint density at radius 1 is 0.900 bits per heavy atom. The maximum atomic E-state index is 12.6. The van der Waals surface area contributed by atoms with Gasteiger partial charge in [-0.25, -0.2) is 0 Å². The van der Waals surface area contributed by atoms with Gasteiger partial charge in [0, 0.05) is 6.04 Å². The van der Waals surface area contributed by atoms with E-state index in [4.69, 9.17) is 0 Å². The Bertz CT molecular complexity index is 293. The Balaban J connectivity index is 1.84. The van der Waals surface area contributed by atoms with E-state index in [1.807, 2.05) is 7.05 Å². The zero-order valence-electron chi connectivity index (χ0n) is 13.3. The number of rotatable bonds is 5. The van der Waals surface area contributed by atoms with Gasteiger partial charge in [-0.2, -0.15) is 0 Å². The largest absolute Gasteiger partial charge is 0.352 e. The first kappa shape index (κ1) is 15.8. The molecule has 2 atom stereocenters. The van der Waals surface area contributed by atoms with E-state index >= 15 is 0 Å². The summed E-state index contributed by atoms with van der Waals surface area (Å²) in [5.41, 5.74) is 0. The summed E-state index contributed by atoms with van der Waals surface area (Å²) in [5, 5.41) is 6.56. The van der Waals surface area contributed by atoms with E-state index < -0.39 is 0 Å². The third-order valence-electron chi connectivity index (χ3n) is 5.44. The molecule has 0 radical (unpaired) electrons. The van der Waals surface area contributed by atoms with Crippen LogP contribution in [0.4, 0.5) is 0 Å². The van der Waals surface area contributed by atoms with Gasteiger partial charge in [0.05, 0.1) is 6.04 Å². The van der Waals surface area contributed by atoms with Crippen molar-refractivity contribution < 1.29 is 4.79 Å². The molecule has 2 saturated carbocycles. The van der Waals surface area contributed by atoms with E-state index in [9.17, 15) is 4.79 Å². The van der Waals surface area contributed by atoms with E-state index in [-0.39, 0.29) is 11.9 Å². The molecule has 3 nitrogen and oxygen atoms in total. The number of carbonyl (C=O) groups is 1. The predicted molar refractivity (Wildman–Crippen MR) is 83.6 cm³/mol. The van der Waals surface area contributed by atoms with E-state index in [0.29, 0.717) is 17.9 Å². The molecule has 0 aromatic carbocycles. The molecule has 2 rings (SSSR count). The Morgan fingerprint density at radius 2 is 1.40 bits per heavy atom. The average Bonchev–Trinajstić information content (AvgIpc) is 2.50. The number of hydrogen-bond acceptors (Lipinski definition) is 2. The summed E-state index contributed by atoms with van der Waals surface area (Å²) < 4.78 is 0. The molecule has 1 amide bonds. The van der Waals surface area contributed by atoms with Crippen LogP contribution in [-0.4, -0.2) is 25.0 Å². The zero-order chi connectivity index (χ0) is 14.4. The maximum Gasteiger partial charge on any atom is 0.237 e. The van der Waals surface area contributed by atoms with Gasteiger partial charge in [0.1, 0.15) is 0 Å². The first-order valence-corrected chi connectivity index (χ1v) is 8.70. The maximum absolute atomic E-state index is 12.6. The van der Waals surface area contributed by atoms with Crippen LogP contribution in [-0.2, 0) is 4.79 Å². The summed E-state index contributed by atoms with van der Waals surface area (Å²) in [4.78, 5) is 12.6. The van der Waals surface area contributed by atoms with Crippen molar-refractivity contribution in [3.8, 4) is 0 Å². The van der Waals surface area contributed by atoms with Gasteiger partial charge in [-0.3, -0.25) is 4.79 Å². The molecule has 0 bridgehead atoms. The molecule has 3 heteroatoms. The molecule has 2 aliphatic carbocycles. The average molecular weight is 280 g/mol. The second-order valence-corrected chi connectivity index (χ2v) is 6.86. The first-order chi connectivity index (χ1) is 9.72. The Kier molecular flexibility index (Phi) is 6.34. The predicted octanol–water partition coefficient (Wildman–Crippen LogP) is 3.24. The molecule has 2 aliphatic rings. The molecule has 0 spiro atoms. The molecule has 0 aromatic heterocycles. The van der Waals surface area contributed by atoms with Crippen LogP contribution >= 0.6 is 0 Å². The van der Waals surface area contributed by atoms with Crippen molar-refractivity contribution in [3.05, 3.63) is 0 Å². The van der Waals surface area contributed by atoms with Gasteiger partial charge in [0.25, 0.3) is 0 Å². The fourth-order valence-electron chi connectivity index (χ4n) is 4.11. The van der Waals surface area contributed by atoms with Gasteiger partial charge < -0.3 is 10.6 Å². The second-order valence-electron chi connectivity index (χ2n) is 6.86. The highest BCUT2D eigenvalue weighted by Gasteiger charge is 2.30. The monoisotopic (exact) mass is 280 g/mol. The Labute approximate surface area is 124 Å². The lowest BCUT2D eigenvalue weighted by atomic mass is 9.82. The highest BCUT2D eigenvalue weighted by Crippen LogP contribution is 2.28. The van der Waals surface area contributed by atoms with Crippen molar-refractivity contribution in [2.45, 2.75) is 83.2 Å². The molecule has 0 aliphatic heterocycles. The highest BCUT2D eigenvalue weighted by molar-refractivity contribution is 5.82. The van der Waals surface area contributed by atoms with Gasteiger partial charge >= 0.3 is 0 Å². The lowest BCUT2D eigenvalue weighted by molar-refractivity contribution is -0.125. The SMILES string of the molecule is CNC(C(=O)NC(C)C1CCCCC1)C1CCCCC1. The molecule has 0 saturated heterocycles. The number of hydrogen-bond donors (Lipinski definition) is 2. The molecule has 0 aromatic rings. The van der Waals surface area contributed by atoms with Crippen LogP contribution in [0.2, 0.25) is 0 Å². The fraction of sp³-hybridized carbons (Fsp3) is 0.941. The summed E-state index contributed by atoms with van der Waals surface area (Å²) in [6, 6.07) is 0.351. The zero-order valence-corrected chi connectivity index (χ0v) is 13.3.